The number of amides is 1. The normalized spacial score (nSPS) is 24.0. The van der Waals surface area contributed by atoms with Gasteiger partial charge in [-0.25, -0.2) is 4.79 Å². The molecule has 2 N–H and O–H groups in total. The maximum Gasteiger partial charge on any atom is 0.326 e. The third-order valence-corrected chi connectivity index (χ3v) is 2.78. The van der Waals surface area contributed by atoms with E-state index in [-0.39, 0.29) is 13.0 Å². The van der Waals surface area contributed by atoms with Gasteiger partial charge in [-0.05, 0) is 0 Å². The summed E-state index contributed by atoms with van der Waals surface area (Å²) in [6.45, 7) is 0.0463. The molecule has 0 radical (unpaired) electrons. The Morgan fingerprint density at radius 3 is 2.76 bits per heavy atom. The fourth-order valence-corrected chi connectivity index (χ4v) is 1.97. The number of aryl methyl sites for hydroxylation is 1. The molecule has 0 aliphatic carbocycles. The molecule has 1 fully saturated rings. The Balaban J connectivity index is 2.21. The van der Waals surface area contributed by atoms with Crippen LogP contribution < -0.4 is 0 Å². The average Bonchev–Trinajstić information content (AvgIpc) is 2.83. The van der Waals surface area contributed by atoms with Crippen LogP contribution in [-0.4, -0.2) is 55.5 Å². The number of hydrogen-bond acceptors (Lipinski definition) is 4. The molecule has 1 saturated heterocycles. The van der Waals surface area contributed by atoms with Crippen molar-refractivity contribution in [2.24, 2.45) is 7.05 Å². The summed E-state index contributed by atoms with van der Waals surface area (Å²) in [4.78, 5) is 24.2. The summed E-state index contributed by atoms with van der Waals surface area (Å²) in [5, 5.41) is 22.3. The molecule has 2 heterocycles. The van der Waals surface area contributed by atoms with Crippen LogP contribution in [-0.2, 0) is 11.8 Å². The molecule has 0 aromatic carbocycles. The summed E-state index contributed by atoms with van der Waals surface area (Å²) >= 11 is 0. The van der Waals surface area contributed by atoms with E-state index in [1.54, 1.807) is 7.05 Å². The first-order valence-electron chi connectivity index (χ1n) is 5.19. The van der Waals surface area contributed by atoms with Crippen molar-refractivity contribution in [2.45, 2.75) is 18.6 Å². The molecule has 1 aliphatic heterocycles. The number of rotatable bonds is 2. The Hall–Kier alpha value is -1.89. The first-order valence-corrected chi connectivity index (χ1v) is 5.19. The first-order chi connectivity index (χ1) is 7.99. The summed E-state index contributed by atoms with van der Waals surface area (Å²) in [5.41, 5.74) is 0.327. The topological polar surface area (TPSA) is 95.7 Å². The van der Waals surface area contributed by atoms with E-state index in [9.17, 15) is 14.7 Å². The lowest BCUT2D eigenvalue weighted by atomic mass is 10.2. The van der Waals surface area contributed by atoms with Crippen LogP contribution in [0.5, 0.6) is 0 Å². The lowest BCUT2D eigenvalue weighted by Gasteiger charge is -2.20. The lowest BCUT2D eigenvalue weighted by molar-refractivity contribution is -0.141. The second-order valence-corrected chi connectivity index (χ2v) is 4.10. The van der Waals surface area contributed by atoms with Crippen LogP contribution in [0.2, 0.25) is 0 Å². The number of hydrogen-bond donors (Lipinski definition) is 2. The smallest absolute Gasteiger partial charge is 0.326 e. The number of likely N-dealkylation sites (tertiary alicyclic amines) is 1. The zero-order chi connectivity index (χ0) is 12.6. The van der Waals surface area contributed by atoms with Gasteiger partial charge in [0, 0.05) is 26.2 Å². The quantitative estimate of drug-likeness (QED) is 0.696. The molecule has 2 unspecified atom stereocenters. The summed E-state index contributed by atoms with van der Waals surface area (Å²) in [6.07, 6.45) is 2.19. The van der Waals surface area contributed by atoms with Gasteiger partial charge in [0.1, 0.15) is 6.04 Å². The number of carbonyl (C=O) groups excluding carboxylic acids is 1. The maximum atomic E-state index is 12.0. The molecule has 1 aromatic heterocycles. The predicted octanol–water partition coefficient (Wildman–Crippen LogP) is -0.920. The predicted molar refractivity (Wildman–Crippen MR) is 56.3 cm³/mol. The zero-order valence-corrected chi connectivity index (χ0v) is 9.28. The fourth-order valence-electron chi connectivity index (χ4n) is 1.97. The monoisotopic (exact) mass is 239 g/mol. The Kier molecular flexibility index (Phi) is 2.84. The van der Waals surface area contributed by atoms with Gasteiger partial charge in [0.05, 0.1) is 17.9 Å². The Labute approximate surface area is 97.3 Å². The molecule has 0 saturated carbocycles. The number of aliphatic hydroxyl groups is 1. The summed E-state index contributed by atoms with van der Waals surface area (Å²) < 4.78 is 1.47. The Bertz CT molecular complexity index is 456. The van der Waals surface area contributed by atoms with Crippen molar-refractivity contribution in [3.63, 3.8) is 0 Å². The van der Waals surface area contributed by atoms with Crippen molar-refractivity contribution in [3.8, 4) is 0 Å². The number of carbonyl (C=O) groups is 2. The largest absolute Gasteiger partial charge is 0.480 e. The van der Waals surface area contributed by atoms with Crippen LogP contribution in [0.3, 0.4) is 0 Å². The molecular formula is C10H13N3O4. The van der Waals surface area contributed by atoms with Gasteiger partial charge in [-0.2, -0.15) is 5.10 Å². The van der Waals surface area contributed by atoms with Gasteiger partial charge in [0.25, 0.3) is 5.91 Å². The standard InChI is InChI=1S/C10H13N3O4/c1-12-4-6(3-11-12)9(15)13-5-7(14)2-8(13)10(16)17/h3-4,7-8,14H,2,5H2,1H3,(H,16,17). The highest BCUT2D eigenvalue weighted by Gasteiger charge is 2.39. The molecular weight excluding hydrogens is 226 g/mol. The van der Waals surface area contributed by atoms with Crippen LogP contribution in [0.15, 0.2) is 12.4 Å². The number of carboxylic acid groups (broad SMARTS) is 1. The van der Waals surface area contributed by atoms with E-state index >= 15 is 0 Å². The Morgan fingerprint density at radius 2 is 2.24 bits per heavy atom. The summed E-state index contributed by atoms with van der Waals surface area (Å²) in [7, 11) is 1.67. The van der Waals surface area contributed by atoms with Crippen LogP contribution >= 0.6 is 0 Å². The van der Waals surface area contributed by atoms with E-state index in [0.29, 0.717) is 5.56 Å². The van der Waals surface area contributed by atoms with Crippen LogP contribution in [0, 0.1) is 0 Å². The fraction of sp³-hybridized carbons (Fsp3) is 0.500. The molecule has 92 valence electrons. The number of carboxylic acids is 1. The molecule has 0 bridgehead atoms. The molecule has 2 rings (SSSR count). The second-order valence-electron chi connectivity index (χ2n) is 4.10. The molecule has 0 spiro atoms. The van der Waals surface area contributed by atoms with Gasteiger partial charge in [-0.1, -0.05) is 0 Å². The minimum Gasteiger partial charge on any atom is -0.480 e. The SMILES string of the molecule is Cn1cc(C(=O)N2CC(O)CC2C(=O)O)cn1. The van der Waals surface area contributed by atoms with Crippen molar-refractivity contribution >= 4 is 11.9 Å². The highest BCUT2D eigenvalue weighted by Crippen LogP contribution is 2.20. The van der Waals surface area contributed by atoms with Gasteiger partial charge in [0.15, 0.2) is 0 Å². The molecule has 17 heavy (non-hydrogen) atoms. The minimum absolute atomic E-state index is 0.0463. The number of aliphatic carboxylic acids is 1. The molecule has 1 amide bonds. The van der Waals surface area contributed by atoms with E-state index < -0.39 is 24.0 Å². The van der Waals surface area contributed by atoms with Gasteiger partial charge in [-0.3, -0.25) is 9.48 Å². The van der Waals surface area contributed by atoms with Crippen molar-refractivity contribution in [3.05, 3.63) is 18.0 Å². The number of β-amino-alcohol motifs (C(OH)–C–C–N with tert-alkyl or cyclic N) is 1. The number of nitrogens with zero attached hydrogens (tertiary/aromatic N) is 3. The zero-order valence-electron chi connectivity index (χ0n) is 9.28. The highest BCUT2D eigenvalue weighted by atomic mass is 16.4. The van der Waals surface area contributed by atoms with Gasteiger partial charge >= 0.3 is 5.97 Å². The van der Waals surface area contributed by atoms with Crippen molar-refractivity contribution in [2.75, 3.05) is 6.54 Å². The van der Waals surface area contributed by atoms with E-state index in [1.807, 2.05) is 0 Å². The molecule has 2 atom stereocenters. The average molecular weight is 239 g/mol. The van der Waals surface area contributed by atoms with Crippen molar-refractivity contribution < 1.29 is 19.8 Å². The van der Waals surface area contributed by atoms with Crippen LogP contribution in [0.25, 0.3) is 0 Å². The molecule has 1 aliphatic rings. The molecule has 7 heteroatoms. The Morgan fingerprint density at radius 1 is 1.53 bits per heavy atom. The maximum absolute atomic E-state index is 12.0. The first kappa shape index (κ1) is 11.6. The van der Waals surface area contributed by atoms with E-state index in [4.69, 9.17) is 5.11 Å². The van der Waals surface area contributed by atoms with Gasteiger partial charge in [-0.15, -0.1) is 0 Å². The third kappa shape index (κ3) is 2.14. The van der Waals surface area contributed by atoms with Crippen LogP contribution in [0.1, 0.15) is 16.8 Å². The van der Waals surface area contributed by atoms with Crippen molar-refractivity contribution in [1.82, 2.24) is 14.7 Å². The molecule has 1 aromatic rings. The molecule has 7 nitrogen and oxygen atoms in total. The number of aromatic nitrogens is 2. The van der Waals surface area contributed by atoms with E-state index in [0.717, 1.165) is 0 Å². The summed E-state index contributed by atoms with van der Waals surface area (Å²) in [5.74, 6) is -1.51. The van der Waals surface area contributed by atoms with Gasteiger partial charge in [0.2, 0.25) is 0 Å². The van der Waals surface area contributed by atoms with Gasteiger partial charge < -0.3 is 15.1 Å². The minimum atomic E-state index is -1.10. The second kappa shape index (κ2) is 4.17. The van der Waals surface area contributed by atoms with Crippen molar-refractivity contribution in [1.29, 1.82) is 0 Å². The van der Waals surface area contributed by atoms with Crippen LogP contribution in [0.4, 0.5) is 0 Å². The highest BCUT2D eigenvalue weighted by molar-refractivity contribution is 5.96. The number of aliphatic hydroxyl groups excluding tert-OH is 1. The summed E-state index contributed by atoms with van der Waals surface area (Å²) in [6, 6.07) is -0.960. The lowest BCUT2D eigenvalue weighted by Crippen LogP contribution is -2.40. The van der Waals surface area contributed by atoms with E-state index in [1.165, 1.54) is 22.0 Å². The third-order valence-electron chi connectivity index (χ3n) is 2.78. The van der Waals surface area contributed by atoms with E-state index in [2.05, 4.69) is 5.10 Å².